The van der Waals surface area contributed by atoms with Crippen molar-refractivity contribution in [1.29, 1.82) is 0 Å². The van der Waals surface area contributed by atoms with E-state index in [2.05, 4.69) is 20.4 Å². The molecular formula is C21H23N5O2. The molecule has 1 aliphatic heterocycles. The van der Waals surface area contributed by atoms with Crippen LogP contribution < -0.4 is 10.2 Å². The van der Waals surface area contributed by atoms with Gasteiger partial charge >= 0.3 is 0 Å². The average Bonchev–Trinajstić information content (AvgIpc) is 3.07. The van der Waals surface area contributed by atoms with Crippen molar-refractivity contribution < 1.29 is 9.53 Å². The molecule has 28 heavy (non-hydrogen) atoms. The van der Waals surface area contributed by atoms with E-state index in [0.717, 1.165) is 41.7 Å². The summed E-state index contributed by atoms with van der Waals surface area (Å²) in [6, 6.07) is 15.3. The summed E-state index contributed by atoms with van der Waals surface area (Å²) in [6.07, 6.45) is 0. The highest BCUT2D eigenvalue weighted by atomic mass is 16.5. The summed E-state index contributed by atoms with van der Waals surface area (Å²) in [4.78, 5) is 15.2. The lowest BCUT2D eigenvalue weighted by molar-refractivity contribution is 0.102. The molecule has 2 heterocycles. The Hall–Kier alpha value is -3.19. The van der Waals surface area contributed by atoms with Gasteiger partial charge in [0.15, 0.2) is 5.82 Å². The van der Waals surface area contributed by atoms with Crippen LogP contribution in [0.4, 0.5) is 11.4 Å². The molecule has 4 rings (SSSR count). The quantitative estimate of drug-likeness (QED) is 0.757. The highest BCUT2D eigenvalue weighted by Crippen LogP contribution is 2.25. The van der Waals surface area contributed by atoms with Gasteiger partial charge in [-0.05, 0) is 31.2 Å². The Kier molecular flexibility index (Phi) is 5.08. The van der Waals surface area contributed by atoms with E-state index in [1.807, 2.05) is 67.1 Å². The second-order valence-corrected chi connectivity index (χ2v) is 6.78. The summed E-state index contributed by atoms with van der Waals surface area (Å²) < 4.78 is 7.35. The number of carbonyl (C=O) groups is 1. The van der Waals surface area contributed by atoms with Gasteiger partial charge in [0, 0.05) is 37.1 Å². The zero-order chi connectivity index (χ0) is 19.5. The topological polar surface area (TPSA) is 72.3 Å². The number of morpholine rings is 1. The Labute approximate surface area is 164 Å². The van der Waals surface area contributed by atoms with Crippen molar-refractivity contribution in [3.05, 3.63) is 59.9 Å². The lowest BCUT2D eigenvalue weighted by atomic mass is 10.1. The summed E-state index contributed by atoms with van der Waals surface area (Å²) in [5.41, 5.74) is 3.22. The van der Waals surface area contributed by atoms with Gasteiger partial charge in [-0.15, -0.1) is 10.2 Å². The van der Waals surface area contributed by atoms with Gasteiger partial charge in [-0.1, -0.05) is 24.3 Å². The third kappa shape index (κ3) is 3.61. The molecule has 0 unspecified atom stereocenters. The number of para-hydroxylation sites is 1. The van der Waals surface area contributed by atoms with Gasteiger partial charge in [-0.2, -0.15) is 0 Å². The fraction of sp³-hybridized carbons (Fsp3) is 0.286. The smallest absolute Gasteiger partial charge is 0.257 e. The molecule has 1 aromatic heterocycles. The molecule has 1 fully saturated rings. The minimum absolute atomic E-state index is 0.131. The van der Waals surface area contributed by atoms with Crippen LogP contribution in [0.5, 0.6) is 0 Å². The monoisotopic (exact) mass is 377 g/mol. The van der Waals surface area contributed by atoms with Gasteiger partial charge in [-0.25, -0.2) is 0 Å². The summed E-state index contributed by atoms with van der Waals surface area (Å²) in [7, 11) is 1.93. The number of benzene rings is 2. The standard InChI is InChI=1S/C21H23N5O2/c1-15-23-24-20(25(15)2)16-6-5-7-17(14-16)22-21(27)18-8-3-4-9-19(18)26-10-12-28-13-11-26/h3-9,14H,10-13H2,1-2H3,(H,22,27). The maximum atomic E-state index is 13.0. The van der Waals surface area contributed by atoms with E-state index < -0.39 is 0 Å². The average molecular weight is 377 g/mol. The van der Waals surface area contributed by atoms with Crippen LogP contribution in [-0.4, -0.2) is 47.0 Å². The van der Waals surface area contributed by atoms with E-state index >= 15 is 0 Å². The number of nitrogens with zero attached hydrogens (tertiary/aromatic N) is 4. The van der Waals surface area contributed by atoms with Crippen LogP contribution in [0.2, 0.25) is 0 Å². The van der Waals surface area contributed by atoms with E-state index in [4.69, 9.17) is 4.74 Å². The molecule has 2 aromatic carbocycles. The van der Waals surface area contributed by atoms with E-state index in [0.29, 0.717) is 18.8 Å². The first-order valence-electron chi connectivity index (χ1n) is 9.33. The minimum Gasteiger partial charge on any atom is -0.378 e. The third-order valence-electron chi connectivity index (χ3n) is 4.97. The molecule has 1 saturated heterocycles. The Balaban J connectivity index is 1.58. The van der Waals surface area contributed by atoms with E-state index in [1.54, 1.807) is 0 Å². The number of aryl methyl sites for hydroxylation is 1. The predicted octanol–water partition coefficient (Wildman–Crippen LogP) is 2.88. The molecule has 0 spiro atoms. The predicted molar refractivity (Wildman–Crippen MR) is 109 cm³/mol. The van der Waals surface area contributed by atoms with E-state index in [9.17, 15) is 4.79 Å². The lowest BCUT2D eigenvalue weighted by Gasteiger charge is -2.30. The molecule has 0 atom stereocenters. The number of hydrogen-bond donors (Lipinski definition) is 1. The van der Waals surface area contributed by atoms with Crippen LogP contribution in [0.15, 0.2) is 48.5 Å². The molecule has 1 N–H and O–H groups in total. The van der Waals surface area contributed by atoms with Crippen molar-refractivity contribution >= 4 is 17.3 Å². The normalized spacial score (nSPS) is 14.1. The van der Waals surface area contributed by atoms with E-state index in [-0.39, 0.29) is 5.91 Å². The van der Waals surface area contributed by atoms with Gasteiger partial charge in [0.25, 0.3) is 5.91 Å². The maximum absolute atomic E-state index is 13.0. The molecule has 0 aliphatic carbocycles. The van der Waals surface area contributed by atoms with E-state index in [1.165, 1.54) is 0 Å². The largest absolute Gasteiger partial charge is 0.378 e. The first kappa shape index (κ1) is 18.2. The van der Waals surface area contributed by atoms with Crippen LogP contribution in [0.25, 0.3) is 11.4 Å². The van der Waals surface area contributed by atoms with Crippen molar-refractivity contribution in [2.45, 2.75) is 6.92 Å². The zero-order valence-electron chi connectivity index (χ0n) is 16.1. The van der Waals surface area contributed by atoms with Crippen LogP contribution in [-0.2, 0) is 11.8 Å². The van der Waals surface area contributed by atoms with Crippen molar-refractivity contribution in [3.63, 3.8) is 0 Å². The Morgan fingerprint density at radius 3 is 2.61 bits per heavy atom. The molecule has 3 aromatic rings. The molecule has 7 nitrogen and oxygen atoms in total. The number of nitrogens with one attached hydrogen (secondary N) is 1. The van der Waals surface area contributed by atoms with Crippen LogP contribution in [0, 0.1) is 6.92 Å². The lowest BCUT2D eigenvalue weighted by Crippen LogP contribution is -2.37. The van der Waals surface area contributed by atoms with Crippen molar-refractivity contribution in [2.75, 3.05) is 36.5 Å². The fourth-order valence-electron chi connectivity index (χ4n) is 3.34. The van der Waals surface area contributed by atoms with Gasteiger partial charge in [0.05, 0.1) is 18.8 Å². The molecule has 0 radical (unpaired) electrons. The van der Waals surface area contributed by atoms with Gasteiger partial charge in [0.2, 0.25) is 0 Å². The highest BCUT2D eigenvalue weighted by molar-refractivity contribution is 6.08. The number of ether oxygens (including phenoxy) is 1. The summed E-state index contributed by atoms with van der Waals surface area (Å²) in [6.45, 7) is 4.82. The molecule has 7 heteroatoms. The first-order valence-corrected chi connectivity index (χ1v) is 9.33. The second kappa shape index (κ2) is 7.82. The molecule has 1 aliphatic rings. The van der Waals surface area contributed by atoms with Crippen molar-refractivity contribution in [2.24, 2.45) is 7.05 Å². The number of anilines is 2. The second-order valence-electron chi connectivity index (χ2n) is 6.78. The molecule has 0 saturated carbocycles. The first-order chi connectivity index (χ1) is 13.6. The number of amides is 1. The highest BCUT2D eigenvalue weighted by Gasteiger charge is 2.18. The number of rotatable bonds is 4. The minimum atomic E-state index is -0.131. The Morgan fingerprint density at radius 2 is 1.86 bits per heavy atom. The maximum Gasteiger partial charge on any atom is 0.257 e. The van der Waals surface area contributed by atoms with Crippen LogP contribution in [0.1, 0.15) is 16.2 Å². The summed E-state index contributed by atoms with van der Waals surface area (Å²) >= 11 is 0. The number of hydrogen-bond acceptors (Lipinski definition) is 5. The van der Waals surface area contributed by atoms with Gasteiger partial charge in [-0.3, -0.25) is 4.79 Å². The fourth-order valence-corrected chi connectivity index (χ4v) is 3.34. The van der Waals surface area contributed by atoms with Gasteiger partial charge < -0.3 is 19.5 Å². The van der Waals surface area contributed by atoms with Gasteiger partial charge in [0.1, 0.15) is 5.82 Å². The summed E-state index contributed by atoms with van der Waals surface area (Å²) in [5, 5.41) is 11.3. The molecule has 0 bridgehead atoms. The molecule has 1 amide bonds. The number of carbonyl (C=O) groups excluding carboxylic acids is 1. The number of aromatic nitrogens is 3. The SMILES string of the molecule is Cc1nnc(-c2cccc(NC(=O)c3ccccc3N3CCOCC3)c2)n1C. The van der Waals surface area contributed by atoms with Crippen molar-refractivity contribution in [3.8, 4) is 11.4 Å². The van der Waals surface area contributed by atoms with Crippen molar-refractivity contribution in [1.82, 2.24) is 14.8 Å². The molecular weight excluding hydrogens is 354 g/mol. The van der Waals surface area contributed by atoms with Crippen LogP contribution >= 0.6 is 0 Å². The Morgan fingerprint density at radius 1 is 1.07 bits per heavy atom. The zero-order valence-corrected chi connectivity index (χ0v) is 16.1. The Bertz CT molecular complexity index is 992. The summed E-state index contributed by atoms with van der Waals surface area (Å²) in [5.74, 6) is 1.47. The third-order valence-corrected chi connectivity index (χ3v) is 4.97. The molecule has 144 valence electrons. The van der Waals surface area contributed by atoms with Crippen LogP contribution in [0.3, 0.4) is 0 Å².